The van der Waals surface area contributed by atoms with E-state index < -0.39 is 10.0 Å². The van der Waals surface area contributed by atoms with Gasteiger partial charge in [0.15, 0.2) is 0 Å². The van der Waals surface area contributed by atoms with Gasteiger partial charge in [-0.05, 0) is 50.0 Å². The smallest absolute Gasteiger partial charge is 0.252 e. The van der Waals surface area contributed by atoms with Crippen molar-refractivity contribution in [1.29, 1.82) is 0 Å². The lowest BCUT2D eigenvalue weighted by molar-refractivity contribution is -0.140. The molecule has 3 rings (SSSR count). The zero-order chi connectivity index (χ0) is 17.2. The van der Waals surface area contributed by atoms with Crippen molar-refractivity contribution in [2.24, 2.45) is 5.92 Å². The van der Waals surface area contributed by atoms with Crippen LogP contribution in [0.4, 0.5) is 0 Å². The van der Waals surface area contributed by atoms with Crippen molar-refractivity contribution in [1.82, 2.24) is 9.21 Å². The van der Waals surface area contributed by atoms with Crippen LogP contribution in [0.1, 0.15) is 45.4 Å². The first kappa shape index (κ1) is 17.9. The van der Waals surface area contributed by atoms with Gasteiger partial charge in [0.05, 0.1) is 5.92 Å². The molecule has 1 amide bonds. The van der Waals surface area contributed by atoms with Gasteiger partial charge in [-0.1, -0.05) is 13.0 Å². The minimum Gasteiger partial charge on any atom is -0.339 e. The normalized spacial score (nSPS) is 26.5. The molecule has 0 aliphatic carbocycles. The third kappa shape index (κ3) is 3.53. The summed E-state index contributed by atoms with van der Waals surface area (Å²) in [5.74, 6) is -0.0340. The lowest BCUT2D eigenvalue weighted by atomic mass is 9.93. The summed E-state index contributed by atoms with van der Waals surface area (Å²) in [6.07, 6.45) is 5.85. The molecule has 1 aromatic rings. The molecule has 0 N–H and O–H groups in total. The maximum atomic E-state index is 13.0. The van der Waals surface area contributed by atoms with Gasteiger partial charge in [0.2, 0.25) is 5.91 Å². The highest BCUT2D eigenvalue weighted by molar-refractivity contribution is 7.91. The van der Waals surface area contributed by atoms with Crippen LogP contribution in [0.3, 0.4) is 0 Å². The average molecular weight is 371 g/mol. The zero-order valence-corrected chi connectivity index (χ0v) is 15.8. The minimum atomic E-state index is -3.45. The molecule has 0 aromatic carbocycles. The van der Waals surface area contributed by atoms with E-state index in [-0.39, 0.29) is 11.8 Å². The summed E-state index contributed by atoms with van der Waals surface area (Å²) in [5, 5.41) is 1.78. The van der Waals surface area contributed by atoms with Crippen LogP contribution in [0.2, 0.25) is 0 Å². The number of piperidine rings is 2. The van der Waals surface area contributed by atoms with E-state index in [1.807, 2.05) is 4.90 Å². The summed E-state index contributed by atoms with van der Waals surface area (Å²) >= 11 is 1.24. The Labute approximate surface area is 148 Å². The fraction of sp³-hybridized carbons (Fsp3) is 0.706. The molecule has 3 heterocycles. The third-order valence-electron chi connectivity index (χ3n) is 5.20. The van der Waals surface area contributed by atoms with Crippen molar-refractivity contribution in [2.45, 2.75) is 55.7 Å². The predicted molar refractivity (Wildman–Crippen MR) is 95.4 cm³/mol. The molecule has 0 spiro atoms. The number of thiophene rings is 1. The van der Waals surface area contributed by atoms with E-state index in [1.54, 1.807) is 17.5 Å². The first-order chi connectivity index (χ1) is 11.5. The molecule has 2 aliphatic heterocycles. The second-order valence-electron chi connectivity index (χ2n) is 6.72. The summed E-state index contributed by atoms with van der Waals surface area (Å²) in [5.41, 5.74) is 0. The van der Waals surface area contributed by atoms with E-state index in [1.165, 1.54) is 22.1 Å². The van der Waals surface area contributed by atoms with Gasteiger partial charge in [-0.15, -0.1) is 11.3 Å². The average Bonchev–Trinajstić information content (AvgIpc) is 3.16. The standard InChI is InChI=1S/C17H26N2O3S2/c1-2-15-8-3-4-11-19(15)17(20)14-7-5-10-18(13-14)24(21,22)16-9-6-12-23-16/h6,9,12,14-15H,2-5,7-8,10-11,13H2,1H3. The maximum absolute atomic E-state index is 13.0. The Bertz CT molecular complexity index is 657. The predicted octanol–water partition coefficient (Wildman–Crippen LogP) is 2.94. The van der Waals surface area contributed by atoms with Crippen LogP contribution >= 0.6 is 11.3 Å². The molecule has 2 aliphatic rings. The number of rotatable bonds is 4. The van der Waals surface area contributed by atoms with E-state index in [2.05, 4.69) is 6.92 Å². The molecule has 0 bridgehead atoms. The number of carbonyl (C=O) groups excluding carboxylic acids is 1. The van der Waals surface area contributed by atoms with Gasteiger partial charge >= 0.3 is 0 Å². The van der Waals surface area contributed by atoms with Crippen LogP contribution in [-0.2, 0) is 14.8 Å². The molecule has 2 atom stereocenters. The van der Waals surface area contributed by atoms with Crippen molar-refractivity contribution in [2.75, 3.05) is 19.6 Å². The Morgan fingerprint density at radius 2 is 2.08 bits per heavy atom. The van der Waals surface area contributed by atoms with Crippen molar-refractivity contribution in [3.63, 3.8) is 0 Å². The second kappa shape index (κ2) is 7.54. The van der Waals surface area contributed by atoms with Gasteiger partial charge in [0, 0.05) is 25.7 Å². The fourth-order valence-corrected chi connectivity index (χ4v) is 6.52. The molecule has 5 nitrogen and oxygen atoms in total. The number of nitrogens with zero attached hydrogens (tertiary/aromatic N) is 2. The van der Waals surface area contributed by atoms with Crippen LogP contribution in [0.25, 0.3) is 0 Å². The summed E-state index contributed by atoms with van der Waals surface area (Å²) in [7, 11) is -3.45. The Balaban J connectivity index is 1.72. The van der Waals surface area contributed by atoms with Crippen LogP contribution in [0, 0.1) is 5.92 Å². The van der Waals surface area contributed by atoms with Crippen molar-refractivity contribution < 1.29 is 13.2 Å². The highest BCUT2D eigenvalue weighted by atomic mass is 32.2. The Kier molecular flexibility index (Phi) is 5.62. The Morgan fingerprint density at radius 3 is 2.79 bits per heavy atom. The first-order valence-corrected chi connectivity index (χ1v) is 11.2. The fourth-order valence-electron chi connectivity index (χ4n) is 3.85. The van der Waals surface area contributed by atoms with E-state index in [4.69, 9.17) is 0 Å². The number of hydrogen-bond acceptors (Lipinski definition) is 4. The molecular formula is C17H26N2O3S2. The van der Waals surface area contributed by atoms with Gasteiger partial charge in [-0.3, -0.25) is 4.79 Å². The molecular weight excluding hydrogens is 344 g/mol. The van der Waals surface area contributed by atoms with Crippen LogP contribution in [-0.4, -0.2) is 49.2 Å². The van der Waals surface area contributed by atoms with Crippen molar-refractivity contribution in [3.8, 4) is 0 Å². The number of likely N-dealkylation sites (tertiary alicyclic amines) is 1. The summed E-state index contributed by atoms with van der Waals surface area (Å²) < 4.78 is 27.3. The molecule has 1 aromatic heterocycles. The van der Waals surface area contributed by atoms with E-state index in [0.29, 0.717) is 23.3 Å². The molecule has 2 saturated heterocycles. The summed E-state index contributed by atoms with van der Waals surface area (Å²) in [4.78, 5) is 15.0. The van der Waals surface area contributed by atoms with Gasteiger partial charge in [0.1, 0.15) is 4.21 Å². The summed E-state index contributed by atoms with van der Waals surface area (Å²) in [6.45, 7) is 3.80. The molecule has 24 heavy (non-hydrogen) atoms. The Morgan fingerprint density at radius 1 is 1.25 bits per heavy atom. The molecule has 2 unspecified atom stereocenters. The monoisotopic (exact) mass is 370 g/mol. The van der Waals surface area contributed by atoms with Gasteiger partial charge in [0.25, 0.3) is 10.0 Å². The first-order valence-electron chi connectivity index (χ1n) is 8.88. The lowest BCUT2D eigenvalue weighted by Crippen LogP contribution is -2.50. The number of carbonyl (C=O) groups is 1. The van der Waals surface area contributed by atoms with Crippen LogP contribution < -0.4 is 0 Å². The highest BCUT2D eigenvalue weighted by Gasteiger charge is 2.37. The Hall–Kier alpha value is -0.920. The molecule has 2 fully saturated rings. The largest absolute Gasteiger partial charge is 0.339 e. The minimum absolute atomic E-state index is 0.160. The third-order valence-corrected chi connectivity index (χ3v) is 8.44. The maximum Gasteiger partial charge on any atom is 0.252 e. The number of hydrogen-bond donors (Lipinski definition) is 0. The van der Waals surface area contributed by atoms with E-state index >= 15 is 0 Å². The quantitative estimate of drug-likeness (QED) is 0.819. The van der Waals surface area contributed by atoms with Gasteiger partial charge in [-0.25, -0.2) is 8.42 Å². The molecule has 134 valence electrons. The van der Waals surface area contributed by atoms with Crippen molar-refractivity contribution >= 4 is 27.3 Å². The molecule has 0 radical (unpaired) electrons. The van der Waals surface area contributed by atoms with Crippen LogP contribution in [0.15, 0.2) is 21.7 Å². The van der Waals surface area contributed by atoms with Crippen molar-refractivity contribution in [3.05, 3.63) is 17.5 Å². The second-order valence-corrected chi connectivity index (χ2v) is 9.84. The highest BCUT2D eigenvalue weighted by Crippen LogP contribution is 2.29. The van der Waals surface area contributed by atoms with Crippen LogP contribution in [0.5, 0.6) is 0 Å². The summed E-state index contributed by atoms with van der Waals surface area (Å²) in [6, 6.07) is 3.72. The number of sulfonamides is 1. The lowest BCUT2D eigenvalue weighted by Gasteiger charge is -2.39. The molecule has 7 heteroatoms. The molecule has 0 saturated carbocycles. The van der Waals surface area contributed by atoms with Gasteiger partial charge < -0.3 is 4.90 Å². The topological polar surface area (TPSA) is 57.7 Å². The van der Waals surface area contributed by atoms with E-state index in [0.717, 1.165) is 38.6 Å². The SMILES string of the molecule is CCC1CCCCN1C(=O)C1CCCN(S(=O)(=O)c2cccs2)C1. The zero-order valence-electron chi connectivity index (χ0n) is 14.2. The number of amides is 1. The van der Waals surface area contributed by atoms with E-state index in [9.17, 15) is 13.2 Å². The van der Waals surface area contributed by atoms with Gasteiger partial charge in [-0.2, -0.15) is 4.31 Å².